The number of ether oxygens (including phenoxy) is 12. The molecule has 10 saturated heterocycles. The van der Waals surface area contributed by atoms with Crippen LogP contribution in [0.25, 0.3) is 0 Å². The topological polar surface area (TPSA) is 272 Å². The largest absolute Gasteiger partial charge is 0.408 e. The Morgan fingerprint density at radius 1 is 0.514 bits per heavy atom. The molecule has 12 rings (SSSR count). The summed E-state index contributed by atoms with van der Waals surface area (Å²) in [6.07, 6.45) is 12.6. The number of carbonyl (C=O) groups excluding carboxylic acids is 2. The number of sulfone groups is 2. The first kappa shape index (κ1) is 118. The first-order chi connectivity index (χ1) is 66.1. The molecule has 0 radical (unpaired) electrons. The second kappa shape index (κ2) is 51.9. The third kappa shape index (κ3) is 28.8. The van der Waals surface area contributed by atoms with Crippen LogP contribution >= 0.6 is 45.2 Å². The van der Waals surface area contributed by atoms with E-state index in [4.69, 9.17) is 65.7 Å². The zero-order valence-electron chi connectivity index (χ0n) is 88.7. The lowest BCUT2D eigenvalue weighted by Crippen LogP contribution is -2.59. The lowest BCUT2D eigenvalue weighted by molar-refractivity contribution is -0.240. The number of ketones is 1. The Balaban J connectivity index is 0.000000268. The van der Waals surface area contributed by atoms with Gasteiger partial charge in [-0.1, -0.05) is 232 Å². The van der Waals surface area contributed by atoms with E-state index in [2.05, 4.69) is 221 Å². The molecule has 0 aliphatic carbocycles. The highest BCUT2D eigenvalue weighted by Gasteiger charge is 2.61. The van der Waals surface area contributed by atoms with Crippen molar-refractivity contribution < 1.29 is 102 Å². The van der Waals surface area contributed by atoms with Gasteiger partial charge in [0, 0.05) is 64.8 Å². The predicted molar refractivity (Wildman–Crippen MR) is 577 cm³/mol. The third-order valence-corrected chi connectivity index (χ3v) is 49.0. The summed E-state index contributed by atoms with van der Waals surface area (Å²) < 4.78 is 161. The normalized spacial score (nSPS) is 36.0. The number of hydrogen-bond acceptors (Lipinski definition) is 22. The highest BCUT2D eigenvalue weighted by Crippen LogP contribution is 2.52. The quantitative estimate of drug-likeness (QED) is 0.0270. The molecule has 0 spiro atoms. The minimum Gasteiger partial charge on any atom is -0.408 e. The number of rotatable bonds is 44. The summed E-state index contributed by atoms with van der Waals surface area (Å²) in [7, 11) is -9.46. The van der Waals surface area contributed by atoms with Crippen molar-refractivity contribution in [3.63, 3.8) is 0 Å². The standard InChI is InChI=1S/C56H91IO11SSi.C56H87IO11SSi/c2*1-14-34(2)29-50-54(62-11)51(49(66-50)33-48-37(5)35(3)30-41(64-48)22-24-45-36(4)31-40(63-45)19-18-28-58)55(69(60,61)43-20-16-15-17-21-43)44(59)32-42-23-25-46-52(65-42)38(6)39(7)53(67-46)47(26-27-57)68-70(12,13)56(8,9)10/h15-17,20-21,26-27,34-35,38-42,44-55,58-59H,4-5,14,18-19,22-25,28-33H2,1-3,6-13H3;15-17,20-21,26-28,34-35,38-42,45-55H,4-5,14,18-19,22-25,29-33H2,1-3,6-13H3/b2*27-26+/t34-,35-,38-,39+,40+,41?,42?,44?,45+,46?,47+,48-,49+,50-,51+,52?,53-,54+,55?;34-,35-,38-,39+,40+,41?,42?,45+,46?,47+,48-,49+,50-,51+,52?,53-,54+,55?/m11/s1. The van der Waals surface area contributed by atoms with Crippen LogP contribution in [-0.2, 0) is 95.0 Å². The van der Waals surface area contributed by atoms with Gasteiger partial charge in [-0.3, -0.25) is 4.79 Å². The van der Waals surface area contributed by atoms with Crippen molar-refractivity contribution in [2.45, 2.75) is 474 Å². The molecule has 0 bridgehead atoms. The van der Waals surface area contributed by atoms with Crippen LogP contribution in [-0.4, -0.2) is 240 Å². The highest BCUT2D eigenvalue weighted by atomic mass is 127. The van der Waals surface area contributed by atoms with Crippen molar-refractivity contribution >= 4 is 93.6 Å². The van der Waals surface area contributed by atoms with Crippen LogP contribution in [0.5, 0.6) is 0 Å². The molecule has 22 nitrogen and oxygen atoms in total. The molecule has 0 amide bonds. The molecule has 10 heterocycles. The maximum Gasteiger partial charge on any atom is 0.193 e. The van der Waals surface area contributed by atoms with Crippen LogP contribution in [0.3, 0.4) is 0 Å². The van der Waals surface area contributed by atoms with Gasteiger partial charge in [-0.05, 0) is 260 Å². The Kier molecular flexibility index (Phi) is 43.6. The van der Waals surface area contributed by atoms with Gasteiger partial charge >= 0.3 is 0 Å². The molecule has 37 atom stereocenters. The smallest absolute Gasteiger partial charge is 0.193 e. The maximum atomic E-state index is 15.4. The van der Waals surface area contributed by atoms with Gasteiger partial charge in [-0.2, -0.15) is 0 Å². The Bertz CT molecular complexity index is 4600. The Labute approximate surface area is 872 Å². The number of Topliss-reactive ketones (excluding diaryl/α,β-unsaturated/α-hetero) is 1. The average Bonchev–Trinajstić information content (AvgIpc) is 1.61. The van der Waals surface area contributed by atoms with Crippen molar-refractivity contribution in [2.75, 3.05) is 20.8 Å². The van der Waals surface area contributed by atoms with Crippen molar-refractivity contribution in [1.82, 2.24) is 0 Å². The zero-order chi connectivity index (χ0) is 103. The zero-order valence-corrected chi connectivity index (χ0v) is 96.6. The second-order valence-electron chi connectivity index (χ2n) is 46.6. The summed E-state index contributed by atoms with van der Waals surface area (Å²) >= 11 is 4.54. The molecule has 2 aromatic carbocycles. The Hall–Kier alpha value is -2.63. The molecule has 10 fully saturated rings. The molecular formula is C112H178I2O22S2Si2. The van der Waals surface area contributed by atoms with Gasteiger partial charge in [0.25, 0.3) is 0 Å². The molecule has 10 aliphatic heterocycles. The average molecular weight is 2250 g/mol. The number of fused-ring (bicyclic) bond motifs is 2. The maximum absolute atomic E-state index is 15.4. The Morgan fingerprint density at radius 2 is 0.929 bits per heavy atom. The van der Waals surface area contributed by atoms with Crippen molar-refractivity contribution in [2.24, 2.45) is 59.2 Å². The van der Waals surface area contributed by atoms with Crippen molar-refractivity contribution in [3.05, 3.63) is 130 Å². The van der Waals surface area contributed by atoms with Gasteiger partial charge in [0.15, 0.2) is 42.1 Å². The fraction of sp³-hybridized carbons (Fsp3) is 0.768. The van der Waals surface area contributed by atoms with Gasteiger partial charge in [-0.15, -0.1) is 0 Å². The van der Waals surface area contributed by atoms with Gasteiger partial charge < -0.3 is 80.7 Å². The lowest BCUT2D eigenvalue weighted by atomic mass is 9.77. The number of benzene rings is 2. The van der Waals surface area contributed by atoms with Crippen LogP contribution in [0, 0.1) is 59.2 Å². The van der Waals surface area contributed by atoms with Crippen LogP contribution in [0.4, 0.5) is 0 Å². The Morgan fingerprint density at radius 3 is 1.35 bits per heavy atom. The molecule has 0 aromatic heterocycles. The van der Waals surface area contributed by atoms with Crippen molar-refractivity contribution in [1.29, 1.82) is 0 Å². The molecule has 10 aliphatic rings. The number of halogens is 2. The summed E-state index contributed by atoms with van der Waals surface area (Å²) in [5.41, 5.74) is 4.07. The van der Waals surface area contributed by atoms with E-state index in [9.17, 15) is 15.0 Å². The minimum atomic E-state index is -4.28. The molecule has 140 heavy (non-hydrogen) atoms. The highest BCUT2D eigenvalue weighted by molar-refractivity contribution is 14.1. The first-order valence-electron chi connectivity index (χ1n) is 53.1. The molecule has 11 unspecified atom stereocenters. The van der Waals surface area contributed by atoms with E-state index < -0.39 is 120 Å². The molecule has 0 saturated carbocycles. The molecular weight excluding hydrogens is 2070 g/mol. The third-order valence-electron chi connectivity index (χ3n) is 34.8. The van der Waals surface area contributed by atoms with Crippen LogP contribution < -0.4 is 0 Å². The van der Waals surface area contributed by atoms with E-state index in [1.807, 2.05) is 14.2 Å². The van der Waals surface area contributed by atoms with E-state index in [-0.39, 0.29) is 178 Å². The first-order valence-corrected chi connectivity index (χ1v) is 64.5. The number of aliphatic hydroxyl groups excluding tert-OH is 2. The summed E-state index contributed by atoms with van der Waals surface area (Å²) in [6, 6.07) is 16.9. The summed E-state index contributed by atoms with van der Waals surface area (Å²) in [5, 5.41) is 19.5. The van der Waals surface area contributed by atoms with E-state index in [0.717, 1.165) is 106 Å². The van der Waals surface area contributed by atoms with E-state index in [0.29, 0.717) is 70.1 Å². The SMILES string of the molecule is C=C1C[C@H](CCC=O)O[C@H]1CCC1C[C@@H](C)C(=C)[C@@H](C[C@@H]2O[C@H](C[C@H](C)CC)[C@H](OC)[C@H]2C(C(=O)CC2CCC3O[C@@H]([C@H](/C=C/I)O[Si](C)(C)C(C)(C)C)[C@@H](C)[C@@H](C)C3O2)S(=O)(=O)c2ccccc2)O1.C=C1C[C@H](CCCO)O[C@H]1CCC1C[C@@H](C)C(=C)[C@@H](C[C@@H]2O[C@H](C[C@H](C)CC)[C@H](OC)[C@H]2C(C(O)CC2CCC3O[C@@H]([C@H](/C=C/I)O[Si](C)(C)C(C)(C)C)[C@@H](C)[C@@H](C)C3O2)S(=O)(=O)c2ccccc2)O1. The summed E-state index contributed by atoms with van der Waals surface area (Å²) in [5.74, 6) is -0.635. The fourth-order valence-electron chi connectivity index (χ4n) is 23.5. The lowest BCUT2D eigenvalue weighted by Gasteiger charge is -2.51. The molecule has 792 valence electrons. The minimum absolute atomic E-state index is 0.00900. The fourth-order valence-corrected chi connectivity index (χ4v) is 31.0. The summed E-state index contributed by atoms with van der Waals surface area (Å²) in [6.45, 7) is 62.4. The van der Waals surface area contributed by atoms with Gasteiger partial charge in [0.1, 0.15) is 11.5 Å². The number of hydrogen-bond donors (Lipinski definition) is 2. The number of aliphatic hydroxyl groups is 2. The molecule has 2 N–H and O–H groups in total. The van der Waals surface area contributed by atoms with Gasteiger partial charge in [0.2, 0.25) is 0 Å². The molecule has 28 heteroatoms. The monoisotopic (exact) mass is 2250 g/mol. The van der Waals surface area contributed by atoms with E-state index in [1.165, 1.54) is 0 Å². The molecule has 2 aromatic rings. The van der Waals surface area contributed by atoms with Crippen LogP contribution in [0.2, 0.25) is 36.3 Å². The summed E-state index contributed by atoms with van der Waals surface area (Å²) in [4.78, 5) is 26.7. The number of carbonyl (C=O) groups is 2. The number of methoxy groups -OCH3 is 2. The van der Waals surface area contributed by atoms with Gasteiger partial charge in [0.05, 0.1) is 168 Å². The van der Waals surface area contributed by atoms with Crippen LogP contribution in [0.15, 0.2) is 139 Å². The van der Waals surface area contributed by atoms with Crippen molar-refractivity contribution in [3.8, 4) is 0 Å². The van der Waals surface area contributed by atoms with E-state index in [1.54, 1.807) is 68.8 Å². The number of aldehydes is 1. The van der Waals surface area contributed by atoms with Crippen LogP contribution in [0.1, 0.15) is 265 Å². The predicted octanol–water partition coefficient (Wildman–Crippen LogP) is 23.1. The van der Waals surface area contributed by atoms with E-state index >= 15 is 21.6 Å². The second-order valence-corrected chi connectivity index (χ2v) is 61.7. The van der Waals surface area contributed by atoms with Gasteiger partial charge in [-0.25, -0.2) is 16.8 Å².